The fourth-order valence-corrected chi connectivity index (χ4v) is 13.9. The van der Waals surface area contributed by atoms with Crippen LogP contribution in [-0.4, -0.2) is 32.8 Å². The summed E-state index contributed by atoms with van der Waals surface area (Å²) in [6, 6.07) is 55.0. The number of hydrogen-bond donors (Lipinski definition) is 0. The fraction of sp³-hybridized carbons (Fsp3) is 0.222. The molecule has 5 nitrogen and oxygen atoms in total. The second-order valence-corrected chi connectivity index (χ2v) is 32.1. The zero-order valence-electron chi connectivity index (χ0n) is 42.3. The van der Waals surface area contributed by atoms with Crippen molar-refractivity contribution in [1.82, 2.24) is 19.5 Å². The van der Waals surface area contributed by atoms with Crippen molar-refractivity contribution in [3.63, 3.8) is 0 Å². The Kier molecular flexibility index (Phi) is 14.5. The maximum atomic E-state index is 6.10. The molecule has 0 saturated heterocycles. The fourth-order valence-electron chi connectivity index (χ4n) is 9.77. The van der Waals surface area contributed by atoms with Crippen molar-refractivity contribution in [3.8, 4) is 50.6 Å². The van der Waals surface area contributed by atoms with Crippen LogP contribution in [0.1, 0.15) is 75.8 Å². The van der Waals surface area contributed by atoms with E-state index in [-0.39, 0.29) is 20.1 Å². The molecule has 0 unspecified atom stereocenters. The van der Waals surface area contributed by atoms with Crippen molar-refractivity contribution >= 4 is 72.2 Å². The van der Waals surface area contributed by atoms with E-state index in [9.17, 15) is 0 Å². The number of imidazole rings is 1. The average molecular weight is 1190 g/mol. The zero-order valence-corrected chi connectivity index (χ0v) is 47.6. The van der Waals surface area contributed by atoms with E-state index in [2.05, 4.69) is 207 Å². The topological polar surface area (TPSA) is 56.7 Å². The number of hydrogen-bond acceptors (Lipinski definition) is 5. The normalized spacial score (nSPS) is 11.8. The van der Waals surface area contributed by atoms with Gasteiger partial charge in [0.05, 0.1) is 16.9 Å². The number of pyridine rings is 2. The van der Waals surface area contributed by atoms with E-state index in [1.54, 1.807) is 15.7 Å². The van der Waals surface area contributed by atoms with E-state index in [0.29, 0.717) is 23.5 Å². The molecule has 8 heteroatoms. The summed E-state index contributed by atoms with van der Waals surface area (Å²) < 4.78 is 11.2. The summed E-state index contributed by atoms with van der Waals surface area (Å²) in [6.07, 6.45) is 3.27. The number of furan rings is 1. The molecule has 71 heavy (non-hydrogen) atoms. The van der Waals surface area contributed by atoms with Gasteiger partial charge in [-0.25, -0.2) is 4.98 Å². The zero-order chi connectivity index (χ0) is 48.8. The number of para-hydroxylation sites is 2. The van der Waals surface area contributed by atoms with E-state index in [1.165, 1.54) is 38.2 Å². The van der Waals surface area contributed by atoms with Gasteiger partial charge in [0.15, 0.2) is 0 Å². The van der Waals surface area contributed by atoms with Crippen LogP contribution in [0.3, 0.4) is 0 Å². The van der Waals surface area contributed by atoms with Gasteiger partial charge in [0.25, 0.3) is 0 Å². The van der Waals surface area contributed by atoms with Gasteiger partial charge in [-0.05, 0) is 101 Å². The van der Waals surface area contributed by atoms with E-state index in [1.807, 2.05) is 31.2 Å². The maximum Gasteiger partial charge on any atom is 0.227 e. The number of aromatic nitrogens is 4. The van der Waals surface area contributed by atoms with E-state index in [4.69, 9.17) is 14.4 Å². The van der Waals surface area contributed by atoms with Crippen LogP contribution in [0.2, 0.25) is 17.3 Å². The minimum absolute atomic E-state index is 0. The summed E-state index contributed by atoms with van der Waals surface area (Å²) in [7, 11) is 0. The molecule has 359 valence electrons. The molecule has 0 aliphatic carbocycles. The van der Waals surface area contributed by atoms with Crippen LogP contribution in [0.4, 0.5) is 0 Å². The van der Waals surface area contributed by atoms with E-state index >= 15 is 0 Å². The van der Waals surface area contributed by atoms with Gasteiger partial charge >= 0.3 is 126 Å². The Morgan fingerprint density at radius 2 is 1.35 bits per heavy atom. The molecular weight excluding hydrogens is 1130 g/mol. The Bertz CT molecular complexity index is 3650. The number of nitrogens with zero attached hydrogens (tertiary/aromatic N) is 4. The molecule has 1 radical (unpaired) electrons. The van der Waals surface area contributed by atoms with Crippen LogP contribution >= 0.6 is 11.3 Å². The van der Waals surface area contributed by atoms with Gasteiger partial charge in [0.2, 0.25) is 5.71 Å². The Morgan fingerprint density at radius 3 is 2.04 bits per heavy atom. The van der Waals surface area contributed by atoms with Gasteiger partial charge in [-0.15, -0.1) is 5.39 Å². The predicted octanol–water partition coefficient (Wildman–Crippen LogP) is 17.2. The molecular formula is C63H60GeIrN4OS-2. The monoisotopic (exact) mass is 1190 g/mol. The molecule has 0 atom stereocenters. The number of benzene rings is 6. The predicted molar refractivity (Wildman–Crippen MR) is 300 cm³/mol. The van der Waals surface area contributed by atoms with Crippen molar-refractivity contribution in [1.29, 1.82) is 0 Å². The molecule has 6 aromatic carbocycles. The Labute approximate surface area is 439 Å². The van der Waals surface area contributed by atoms with Crippen molar-refractivity contribution < 1.29 is 24.5 Å². The summed E-state index contributed by atoms with van der Waals surface area (Å²) in [5.74, 6) is 9.50. The standard InChI is InChI=1S/C45H36N3OS.C18H24GeN.Ir/c1-26(2)34-23-32(29-11-7-6-8-12-29)24-35(27(3)4)43(34)48-40-14-10-9-13-39(40)47-44(48)38-25-50-42-20-17-31(22-37(38)42)30-16-19-41-36(21-30)33-18-15-28(5)46-45(33)49-41;1-14(2)11-16-12-18(15-9-7-6-8-10-15)20-13-17(16)19(3,4)5;/h6-24,26-27H,1-5H3;6-9,12-14H,11H2,1-5H3;/q2*-1;. The van der Waals surface area contributed by atoms with Gasteiger partial charge in [-0.1, -0.05) is 110 Å². The molecule has 0 aliphatic heterocycles. The molecule has 5 heterocycles. The van der Waals surface area contributed by atoms with E-state index in [0.717, 1.165) is 78.7 Å². The van der Waals surface area contributed by atoms with Crippen LogP contribution in [0.5, 0.6) is 0 Å². The Balaban J connectivity index is 0.000000251. The van der Waals surface area contributed by atoms with Crippen molar-refractivity contribution in [2.75, 3.05) is 0 Å². The van der Waals surface area contributed by atoms with Crippen LogP contribution < -0.4 is 4.40 Å². The van der Waals surface area contributed by atoms with E-state index < -0.39 is 13.3 Å². The van der Waals surface area contributed by atoms with Gasteiger partial charge < -0.3 is 8.98 Å². The number of fused-ring (bicyclic) bond motifs is 5. The summed E-state index contributed by atoms with van der Waals surface area (Å²) in [6.45, 7) is 15.8. The molecule has 11 rings (SSSR count). The van der Waals surface area contributed by atoms with Crippen LogP contribution in [0, 0.1) is 24.3 Å². The molecule has 0 aliphatic rings. The van der Waals surface area contributed by atoms with Gasteiger partial charge in [-0.3, -0.25) is 16.3 Å². The van der Waals surface area contributed by atoms with Crippen molar-refractivity contribution in [3.05, 3.63) is 186 Å². The number of aryl methyl sites for hydroxylation is 1. The summed E-state index contributed by atoms with van der Waals surface area (Å²) in [4.78, 5) is 14.7. The first-order chi connectivity index (χ1) is 33.7. The minimum atomic E-state index is -1.86. The van der Waals surface area contributed by atoms with Gasteiger partial charge in [0.1, 0.15) is 5.58 Å². The van der Waals surface area contributed by atoms with Crippen LogP contribution in [0.15, 0.2) is 156 Å². The third-order valence-corrected chi connectivity index (χ3v) is 18.5. The molecule has 11 aromatic rings. The molecule has 0 saturated carbocycles. The SMILES string of the molecule is CC(C)Cc1cc(-c2[c-]cccc2)nc[c]1[Ge]([CH3])([CH3])[CH3].Cc1ccc2c(n1)oc1ccc(-c3ccc4s[c-]c(-c5nc6ccccc6n5-c5c(C(C)C)cc(-c6ccccc6)cc5C(C)C)c4c3)cc12.[Ir]. The van der Waals surface area contributed by atoms with Gasteiger partial charge in [0, 0.05) is 42.3 Å². The van der Waals surface area contributed by atoms with Crippen molar-refractivity contribution in [2.45, 2.75) is 84.0 Å². The molecule has 0 fully saturated rings. The molecule has 0 bridgehead atoms. The van der Waals surface area contributed by atoms with Crippen LogP contribution in [-0.2, 0) is 26.5 Å². The molecule has 0 N–H and O–H groups in total. The number of thiophene rings is 1. The first-order valence-electron chi connectivity index (χ1n) is 24.6. The largest absolute Gasteiger partial charge is 0.438 e. The summed E-state index contributed by atoms with van der Waals surface area (Å²) in [5.41, 5.74) is 17.8. The Morgan fingerprint density at radius 1 is 0.662 bits per heavy atom. The second-order valence-electron chi connectivity index (χ2n) is 20.7. The summed E-state index contributed by atoms with van der Waals surface area (Å²) in [5, 5.41) is 6.96. The smallest absolute Gasteiger partial charge is 0.227 e. The maximum absolute atomic E-state index is 6.10. The third kappa shape index (κ3) is 10.1. The first-order valence-corrected chi connectivity index (χ1v) is 32.8. The average Bonchev–Trinajstić information content (AvgIpc) is 4.06. The third-order valence-electron chi connectivity index (χ3n) is 13.3. The van der Waals surface area contributed by atoms with Crippen molar-refractivity contribution in [2.24, 2.45) is 5.92 Å². The van der Waals surface area contributed by atoms with Gasteiger partial charge in [-0.2, -0.15) is 0 Å². The second kappa shape index (κ2) is 20.6. The Hall–Kier alpha value is -5.96. The number of rotatable bonds is 10. The molecule has 0 spiro atoms. The minimum Gasteiger partial charge on any atom is -0.438 e. The molecule has 0 amide bonds. The first kappa shape index (κ1) is 50.0. The quantitative estimate of drug-likeness (QED) is 0.101. The molecule has 5 aromatic heterocycles. The van der Waals surface area contributed by atoms with Crippen LogP contribution in [0.25, 0.3) is 93.8 Å². The summed E-state index contributed by atoms with van der Waals surface area (Å²) >= 11 is -0.205.